The van der Waals surface area contributed by atoms with E-state index in [-0.39, 0.29) is 0 Å². The first-order valence-corrected chi connectivity index (χ1v) is 16.3. The van der Waals surface area contributed by atoms with Crippen molar-refractivity contribution in [3.05, 3.63) is 188 Å². The van der Waals surface area contributed by atoms with Crippen LogP contribution < -0.4 is 4.90 Å². The van der Waals surface area contributed by atoms with Gasteiger partial charge >= 0.3 is 0 Å². The Hall–Kier alpha value is -6.38. The van der Waals surface area contributed by atoms with Gasteiger partial charge in [-0.2, -0.15) is 0 Å². The van der Waals surface area contributed by atoms with Gasteiger partial charge in [0.25, 0.3) is 0 Å². The molecule has 0 unspecified atom stereocenters. The summed E-state index contributed by atoms with van der Waals surface area (Å²) in [6.07, 6.45) is 0. The number of nitrogens with zero attached hydrogens (tertiary/aromatic N) is 1. The molecule has 0 radical (unpaired) electrons. The second kappa shape index (κ2) is 11.8. The zero-order chi connectivity index (χ0) is 31.9. The third-order valence-electron chi connectivity index (χ3n) is 9.27. The molecule has 0 N–H and O–H groups in total. The Morgan fingerprint density at radius 1 is 0.333 bits per heavy atom. The van der Waals surface area contributed by atoms with Crippen LogP contribution in [0.1, 0.15) is 0 Å². The summed E-state index contributed by atoms with van der Waals surface area (Å²) < 4.78 is 6.08. The maximum absolute atomic E-state index is 6.08. The van der Waals surface area contributed by atoms with Gasteiger partial charge in [-0.15, -0.1) is 0 Å². The molecule has 9 rings (SSSR count). The maximum atomic E-state index is 6.08. The van der Waals surface area contributed by atoms with Crippen molar-refractivity contribution in [3.63, 3.8) is 0 Å². The lowest BCUT2D eigenvalue weighted by Crippen LogP contribution is -2.11. The van der Waals surface area contributed by atoms with Crippen LogP contribution in [0.25, 0.3) is 66.1 Å². The molecule has 2 nitrogen and oxygen atoms in total. The van der Waals surface area contributed by atoms with Gasteiger partial charge in [-0.3, -0.25) is 0 Å². The first kappa shape index (κ1) is 27.9. The third kappa shape index (κ3) is 4.92. The van der Waals surface area contributed by atoms with E-state index in [0.29, 0.717) is 0 Å². The number of hydrogen-bond donors (Lipinski definition) is 0. The van der Waals surface area contributed by atoms with Crippen LogP contribution in [0.4, 0.5) is 17.1 Å². The van der Waals surface area contributed by atoms with E-state index in [4.69, 9.17) is 4.42 Å². The highest BCUT2D eigenvalue weighted by Gasteiger charge is 2.18. The van der Waals surface area contributed by atoms with Gasteiger partial charge in [-0.05, 0) is 93.2 Å². The average molecular weight is 614 g/mol. The molecule has 0 saturated carbocycles. The van der Waals surface area contributed by atoms with Gasteiger partial charge in [0.2, 0.25) is 0 Å². The Morgan fingerprint density at radius 3 is 1.81 bits per heavy atom. The molecular formula is C46H31NO. The van der Waals surface area contributed by atoms with Crippen LogP contribution in [0, 0.1) is 0 Å². The third-order valence-corrected chi connectivity index (χ3v) is 9.27. The van der Waals surface area contributed by atoms with Gasteiger partial charge in [-0.1, -0.05) is 133 Å². The van der Waals surface area contributed by atoms with Gasteiger partial charge in [-0.25, -0.2) is 0 Å². The molecule has 0 atom stereocenters. The van der Waals surface area contributed by atoms with E-state index < -0.39 is 0 Å². The largest absolute Gasteiger partial charge is 0.456 e. The monoisotopic (exact) mass is 613 g/mol. The molecular weight excluding hydrogens is 583 g/mol. The van der Waals surface area contributed by atoms with Crippen molar-refractivity contribution in [3.8, 4) is 33.4 Å². The minimum absolute atomic E-state index is 0.910. The van der Waals surface area contributed by atoms with Crippen LogP contribution in [0.3, 0.4) is 0 Å². The van der Waals surface area contributed by atoms with Gasteiger partial charge in [0, 0.05) is 27.7 Å². The van der Waals surface area contributed by atoms with Crippen LogP contribution in [0.2, 0.25) is 0 Å². The minimum Gasteiger partial charge on any atom is -0.456 e. The molecule has 48 heavy (non-hydrogen) atoms. The fourth-order valence-corrected chi connectivity index (χ4v) is 6.96. The summed E-state index contributed by atoms with van der Waals surface area (Å²) >= 11 is 0. The highest BCUT2D eigenvalue weighted by atomic mass is 16.3. The number of anilines is 3. The molecule has 226 valence electrons. The van der Waals surface area contributed by atoms with E-state index in [1.165, 1.54) is 33.0 Å². The standard InChI is InChI=1S/C46H31NO/c1-2-16-37(17-3-1)47(38-27-24-32(25-28-38)34-26-29-46-43(31-34)42-20-7-9-23-45(42)48-46)44-22-8-6-19-41(44)36-15-10-14-35(30-36)40-21-11-13-33-12-4-5-18-39(33)40/h1-31H. The lowest BCUT2D eigenvalue weighted by Gasteiger charge is -2.28. The molecule has 1 aromatic heterocycles. The van der Waals surface area contributed by atoms with Crippen LogP contribution in [0.15, 0.2) is 192 Å². The van der Waals surface area contributed by atoms with Crippen molar-refractivity contribution in [2.45, 2.75) is 0 Å². The van der Waals surface area contributed by atoms with E-state index >= 15 is 0 Å². The topological polar surface area (TPSA) is 16.4 Å². The summed E-state index contributed by atoms with van der Waals surface area (Å²) in [5, 5.41) is 4.79. The fraction of sp³-hybridized carbons (Fsp3) is 0. The maximum Gasteiger partial charge on any atom is 0.135 e. The quantitative estimate of drug-likeness (QED) is 0.185. The summed E-state index contributed by atoms with van der Waals surface area (Å²) in [4.78, 5) is 2.36. The van der Waals surface area contributed by atoms with Gasteiger partial charge in [0.05, 0.1) is 5.69 Å². The van der Waals surface area contributed by atoms with Crippen LogP contribution in [-0.2, 0) is 0 Å². The summed E-state index contributed by atoms with van der Waals surface area (Å²) in [5.41, 5.74) is 12.3. The summed E-state index contributed by atoms with van der Waals surface area (Å²) in [5.74, 6) is 0. The second-order valence-electron chi connectivity index (χ2n) is 12.2. The van der Waals surface area contributed by atoms with E-state index in [2.05, 4.69) is 181 Å². The molecule has 0 spiro atoms. The summed E-state index contributed by atoms with van der Waals surface area (Å²) in [6.45, 7) is 0. The molecule has 0 aliphatic heterocycles. The first-order chi connectivity index (χ1) is 23.8. The lowest BCUT2D eigenvalue weighted by molar-refractivity contribution is 0.669. The Bertz CT molecular complexity index is 2560. The number of furan rings is 1. The summed E-state index contributed by atoms with van der Waals surface area (Å²) in [7, 11) is 0. The predicted molar refractivity (Wildman–Crippen MR) is 202 cm³/mol. The minimum atomic E-state index is 0.910. The Kier molecular flexibility index (Phi) is 6.84. The normalized spacial score (nSPS) is 11.3. The molecule has 0 bridgehead atoms. The lowest BCUT2D eigenvalue weighted by atomic mass is 9.94. The van der Waals surface area contributed by atoms with E-state index in [0.717, 1.165) is 50.1 Å². The average Bonchev–Trinajstić information content (AvgIpc) is 3.54. The van der Waals surface area contributed by atoms with Crippen LogP contribution in [0.5, 0.6) is 0 Å². The van der Waals surface area contributed by atoms with Gasteiger partial charge in [0.1, 0.15) is 11.2 Å². The SMILES string of the molecule is c1ccc(N(c2ccc(-c3ccc4oc5ccccc5c4c3)cc2)c2ccccc2-c2cccc(-c3cccc4ccccc34)c2)cc1. The van der Waals surface area contributed by atoms with E-state index in [9.17, 15) is 0 Å². The van der Waals surface area contributed by atoms with Crippen molar-refractivity contribution in [2.24, 2.45) is 0 Å². The molecule has 8 aromatic carbocycles. The first-order valence-electron chi connectivity index (χ1n) is 16.3. The number of para-hydroxylation sites is 3. The predicted octanol–water partition coefficient (Wildman–Crippen LogP) is 13.2. The molecule has 0 fully saturated rings. The second-order valence-corrected chi connectivity index (χ2v) is 12.2. The molecule has 0 amide bonds. The number of benzene rings is 8. The fourth-order valence-electron chi connectivity index (χ4n) is 6.96. The molecule has 0 saturated heterocycles. The van der Waals surface area contributed by atoms with Crippen molar-refractivity contribution in [2.75, 3.05) is 4.90 Å². The van der Waals surface area contributed by atoms with Crippen molar-refractivity contribution < 1.29 is 4.42 Å². The smallest absolute Gasteiger partial charge is 0.135 e. The van der Waals surface area contributed by atoms with E-state index in [1.807, 2.05) is 12.1 Å². The molecule has 0 aliphatic carbocycles. The molecule has 2 heteroatoms. The van der Waals surface area contributed by atoms with Crippen LogP contribution in [-0.4, -0.2) is 0 Å². The van der Waals surface area contributed by atoms with Crippen molar-refractivity contribution in [1.29, 1.82) is 0 Å². The van der Waals surface area contributed by atoms with Gasteiger partial charge < -0.3 is 9.32 Å². The van der Waals surface area contributed by atoms with Crippen molar-refractivity contribution in [1.82, 2.24) is 0 Å². The Labute approximate surface area is 279 Å². The Balaban J connectivity index is 1.14. The highest BCUT2D eigenvalue weighted by Crippen LogP contribution is 2.42. The number of rotatable bonds is 6. The highest BCUT2D eigenvalue weighted by molar-refractivity contribution is 6.06. The molecule has 1 heterocycles. The van der Waals surface area contributed by atoms with Crippen LogP contribution >= 0.6 is 0 Å². The van der Waals surface area contributed by atoms with Crippen molar-refractivity contribution >= 4 is 49.8 Å². The summed E-state index contributed by atoms with van der Waals surface area (Å²) in [6, 6.07) is 67.0. The molecule has 0 aliphatic rings. The molecule has 9 aromatic rings. The Morgan fingerprint density at radius 2 is 0.938 bits per heavy atom. The number of fused-ring (bicyclic) bond motifs is 4. The zero-order valence-corrected chi connectivity index (χ0v) is 26.3. The van der Waals surface area contributed by atoms with Gasteiger partial charge in [0.15, 0.2) is 0 Å². The number of hydrogen-bond acceptors (Lipinski definition) is 2. The van der Waals surface area contributed by atoms with E-state index in [1.54, 1.807) is 0 Å². The zero-order valence-electron chi connectivity index (χ0n) is 26.3.